The SMILES string of the molecule is CCCN(CCC)C1CCc2c(OC)ccc(OC)c2C1.Cl. The number of fused-ring (bicyclic) bond motifs is 1. The molecule has 3 nitrogen and oxygen atoms in total. The van der Waals surface area contributed by atoms with Gasteiger partial charge in [-0.3, -0.25) is 0 Å². The third-order valence-electron chi connectivity index (χ3n) is 4.49. The Morgan fingerprint density at radius 2 is 1.55 bits per heavy atom. The first kappa shape index (κ1) is 19.1. The van der Waals surface area contributed by atoms with Gasteiger partial charge in [-0.25, -0.2) is 0 Å². The second-order valence-electron chi connectivity index (χ2n) is 5.86. The minimum absolute atomic E-state index is 0. The number of ether oxygens (including phenoxy) is 2. The Labute approximate surface area is 141 Å². The van der Waals surface area contributed by atoms with Crippen LogP contribution in [0.3, 0.4) is 0 Å². The minimum atomic E-state index is 0. The monoisotopic (exact) mass is 327 g/mol. The van der Waals surface area contributed by atoms with E-state index in [2.05, 4.69) is 18.7 Å². The standard InChI is InChI=1S/C18H29NO2.ClH/c1-5-11-19(12-6-2)14-7-8-15-16(13-14)18(21-4)10-9-17(15)20-3;/h9-10,14H,5-8,11-13H2,1-4H3;1H. The summed E-state index contributed by atoms with van der Waals surface area (Å²) in [4.78, 5) is 2.65. The molecule has 1 aromatic rings. The van der Waals surface area contributed by atoms with Crippen molar-refractivity contribution in [1.29, 1.82) is 0 Å². The molecule has 1 aromatic carbocycles. The van der Waals surface area contributed by atoms with Gasteiger partial charge in [-0.1, -0.05) is 13.8 Å². The van der Waals surface area contributed by atoms with Crippen molar-refractivity contribution in [1.82, 2.24) is 4.90 Å². The van der Waals surface area contributed by atoms with E-state index in [-0.39, 0.29) is 12.4 Å². The molecule has 4 heteroatoms. The first-order valence-corrected chi connectivity index (χ1v) is 8.21. The van der Waals surface area contributed by atoms with Crippen molar-refractivity contribution in [2.45, 2.75) is 52.0 Å². The third kappa shape index (κ3) is 4.08. The number of hydrogen-bond acceptors (Lipinski definition) is 3. The van der Waals surface area contributed by atoms with Crippen molar-refractivity contribution in [2.24, 2.45) is 0 Å². The Hall–Kier alpha value is -0.930. The van der Waals surface area contributed by atoms with Gasteiger partial charge in [0, 0.05) is 17.2 Å². The molecule has 1 aliphatic rings. The van der Waals surface area contributed by atoms with Crippen LogP contribution >= 0.6 is 12.4 Å². The van der Waals surface area contributed by atoms with E-state index in [0.717, 1.165) is 24.3 Å². The Kier molecular flexibility index (Phi) is 8.05. The molecule has 1 unspecified atom stereocenters. The Bertz CT molecular complexity index is 459. The van der Waals surface area contributed by atoms with Gasteiger partial charge in [-0.2, -0.15) is 0 Å². The van der Waals surface area contributed by atoms with E-state index < -0.39 is 0 Å². The van der Waals surface area contributed by atoms with Gasteiger partial charge in [0.05, 0.1) is 14.2 Å². The summed E-state index contributed by atoms with van der Waals surface area (Å²) < 4.78 is 11.1. The highest BCUT2D eigenvalue weighted by Gasteiger charge is 2.27. The number of methoxy groups -OCH3 is 2. The summed E-state index contributed by atoms with van der Waals surface area (Å²) in [5, 5.41) is 0. The van der Waals surface area contributed by atoms with Gasteiger partial charge < -0.3 is 14.4 Å². The Balaban J connectivity index is 0.00000242. The van der Waals surface area contributed by atoms with Crippen LogP contribution in [0.15, 0.2) is 12.1 Å². The molecular formula is C18H30ClNO2. The van der Waals surface area contributed by atoms with Crippen LogP contribution in [-0.4, -0.2) is 38.3 Å². The molecule has 0 aromatic heterocycles. The average Bonchev–Trinajstić information content (AvgIpc) is 2.53. The van der Waals surface area contributed by atoms with Crippen LogP contribution in [0, 0.1) is 0 Å². The van der Waals surface area contributed by atoms with Crippen molar-refractivity contribution in [3.63, 3.8) is 0 Å². The van der Waals surface area contributed by atoms with E-state index >= 15 is 0 Å². The molecule has 0 radical (unpaired) electrons. The lowest BCUT2D eigenvalue weighted by Crippen LogP contribution is -2.40. The maximum absolute atomic E-state index is 5.59. The van der Waals surface area contributed by atoms with Crippen LogP contribution in [0.25, 0.3) is 0 Å². The van der Waals surface area contributed by atoms with Crippen molar-refractivity contribution in [3.8, 4) is 11.5 Å². The molecule has 0 fully saturated rings. The second-order valence-corrected chi connectivity index (χ2v) is 5.86. The molecular weight excluding hydrogens is 298 g/mol. The zero-order valence-corrected chi connectivity index (χ0v) is 15.2. The Morgan fingerprint density at radius 1 is 1.00 bits per heavy atom. The fourth-order valence-corrected chi connectivity index (χ4v) is 3.54. The molecule has 0 saturated heterocycles. The Morgan fingerprint density at radius 3 is 2.05 bits per heavy atom. The van der Waals surface area contributed by atoms with E-state index in [0.29, 0.717) is 6.04 Å². The van der Waals surface area contributed by atoms with Gasteiger partial charge in [0.25, 0.3) is 0 Å². The molecule has 0 aliphatic heterocycles. The fourth-order valence-electron chi connectivity index (χ4n) is 3.54. The van der Waals surface area contributed by atoms with E-state index in [1.54, 1.807) is 14.2 Å². The number of benzene rings is 1. The fraction of sp³-hybridized carbons (Fsp3) is 0.667. The lowest BCUT2D eigenvalue weighted by Gasteiger charge is -2.36. The summed E-state index contributed by atoms with van der Waals surface area (Å²) in [7, 11) is 3.52. The van der Waals surface area contributed by atoms with Crippen LogP contribution in [0.4, 0.5) is 0 Å². The van der Waals surface area contributed by atoms with Gasteiger partial charge in [0.1, 0.15) is 11.5 Å². The number of hydrogen-bond donors (Lipinski definition) is 0. The number of halogens is 1. The van der Waals surface area contributed by atoms with E-state index in [1.165, 1.54) is 43.5 Å². The van der Waals surface area contributed by atoms with Gasteiger partial charge in [0.15, 0.2) is 0 Å². The predicted molar refractivity (Wildman–Crippen MR) is 94.8 cm³/mol. The highest BCUT2D eigenvalue weighted by Crippen LogP contribution is 2.37. The first-order chi connectivity index (χ1) is 10.2. The maximum Gasteiger partial charge on any atom is 0.122 e. The summed E-state index contributed by atoms with van der Waals surface area (Å²) in [6.07, 6.45) is 5.83. The highest BCUT2D eigenvalue weighted by molar-refractivity contribution is 5.85. The number of rotatable bonds is 7. The summed E-state index contributed by atoms with van der Waals surface area (Å²) in [6, 6.07) is 4.72. The maximum atomic E-state index is 5.59. The van der Waals surface area contributed by atoms with Crippen LogP contribution in [0.1, 0.15) is 44.2 Å². The van der Waals surface area contributed by atoms with E-state index in [4.69, 9.17) is 9.47 Å². The van der Waals surface area contributed by atoms with E-state index in [1.807, 2.05) is 12.1 Å². The molecule has 0 saturated carbocycles. The molecule has 1 aliphatic carbocycles. The summed E-state index contributed by atoms with van der Waals surface area (Å²) in [6.45, 7) is 6.92. The van der Waals surface area contributed by atoms with Crippen LogP contribution in [0.5, 0.6) is 11.5 Å². The second kappa shape index (κ2) is 9.26. The van der Waals surface area contributed by atoms with Crippen LogP contribution < -0.4 is 9.47 Å². The third-order valence-corrected chi connectivity index (χ3v) is 4.49. The quantitative estimate of drug-likeness (QED) is 0.752. The zero-order valence-electron chi connectivity index (χ0n) is 14.4. The van der Waals surface area contributed by atoms with Gasteiger partial charge in [0.2, 0.25) is 0 Å². The summed E-state index contributed by atoms with van der Waals surface area (Å²) in [5.41, 5.74) is 2.70. The smallest absolute Gasteiger partial charge is 0.122 e. The summed E-state index contributed by atoms with van der Waals surface area (Å²) >= 11 is 0. The minimum Gasteiger partial charge on any atom is -0.496 e. The molecule has 0 spiro atoms. The van der Waals surface area contributed by atoms with Gasteiger partial charge >= 0.3 is 0 Å². The topological polar surface area (TPSA) is 21.7 Å². The zero-order chi connectivity index (χ0) is 15.2. The van der Waals surface area contributed by atoms with Crippen molar-refractivity contribution < 1.29 is 9.47 Å². The van der Waals surface area contributed by atoms with Crippen molar-refractivity contribution >= 4 is 12.4 Å². The molecule has 22 heavy (non-hydrogen) atoms. The van der Waals surface area contributed by atoms with Crippen molar-refractivity contribution in [2.75, 3.05) is 27.3 Å². The van der Waals surface area contributed by atoms with Crippen molar-refractivity contribution in [3.05, 3.63) is 23.3 Å². The normalized spacial score (nSPS) is 16.9. The molecule has 0 bridgehead atoms. The van der Waals surface area contributed by atoms with Crippen LogP contribution in [-0.2, 0) is 12.8 Å². The van der Waals surface area contributed by atoms with Gasteiger partial charge in [-0.05, 0) is 57.3 Å². The molecule has 1 atom stereocenters. The molecule has 0 heterocycles. The van der Waals surface area contributed by atoms with E-state index in [9.17, 15) is 0 Å². The average molecular weight is 328 g/mol. The predicted octanol–water partition coefficient (Wildman–Crippen LogP) is 4.10. The van der Waals surface area contributed by atoms with Crippen LogP contribution in [0.2, 0.25) is 0 Å². The van der Waals surface area contributed by atoms with Gasteiger partial charge in [-0.15, -0.1) is 12.4 Å². The largest absolute Gasteiger partial charge is 0.496 e. The molecule has 2 rings (SSSR count). The molecule has 0 amide bonds. The highest BCUT2D eigenvalue weighted by atomic mass is 35.5. The first-order valence-electron chi connectivity index (χ1n) is 8.21. The molecule has 126 valence electrons. The lowest BCUT2D eigenvalue weighted by molar-refractivity contribution is 0.178. The lowest BCUT2D eigenvalue weighted by atomic mass is 9.86. The number of nitrogens with zero attached hydrogens (tertiary/aromatic N) is 1. The summed E-state index contributed by atoms with van der Waals surface area (Å²) in [5.74, 6) is 2.03. The molecule has 0 N–H and O–H groups in total.